The number of aryl methyl sites for hydroxylation is 1. The van der Waals surface area contributed by atoms with Crippen molar-refractivity contribution in [2.45, 2.75) is 32.2 Å². The second-order valence-corrected chi connectivity index (χ2v) is 5.36. The first kappa shape index (κ1) is 12.3. The van der Waals surface area contributed by atoms with Crippen LogP contribution in [0, 0.1) is 6.92 Å². The molecule has 2 heterocycles. The molecular formula is C12H16N6S. The topological polar surface area (TPSA) is 72.3 Å². The van der Waals surface area contributed by atoms with E-state index in [9.17, 15) is 0 Å². The summed E-state index contributed by atoms with van der Waals surface area (Å²) in [7, 11) is 0. The quantitative estimate of drug-likeness (QED) is 0.824. The van der Waals surface area contributed by atoms with E-state index in [4.69, 9.17) is 18.0 Å². The van der Waals surface area contributed by atoms with E-state index in [0.29, 0.717) is 17.5 Å². The third-order valence-electron chi connectivity index (χ3n) is 3.34. The summed E-state index contributed by atoms with van der Waals surface area (Å²) in [5.74, 6) is 1.74. The van der Waals surface area contributed by atoms with Gasteiger partial charge in [-0.1, -0.05) is 12.2 Å². The van der Waals surface area contributed by atoms with Gasteiger partial charge in [0.25, 0.3) is 0 Å². The first-order valence-corrected chi connectivity index (χ1v) is 6.79. The fourth-order valence-electron chi connectivity index (χ4n) is 2.21. The van der Waals surface area contributed by atoms with Crippen LogP contribution in [0.1, 0.15) is 25.1 Å². The summed E-state index contributed by atoms with van der Waals surface area (Å²) in [6.45, 7) is 2.72. The first-order valence-electron chi connectivity index (χ1n) is 6.38. The third kappa shape index (κ3) is 2.37. The predicted octanol–water partition coefficient (Wildman–Crippen LogP) is 1.08. The fourth-order valence-corrected chi connectivity index (χ4v) is 2.30. The van der Waals surface area contributed by atoms with Crippen molar-refractivity contribution >= 4 is 28.7 Å². The standard InChI is InChI=1S/C12H16N6S/c1-8-15-16-12-11(14-5-7-17(8)12)18(9-2-3-9)6-4-10(13)19/h5,7,9H,2-4,6H2,1H3,(H2,13,19). The number of nitrogens with two attached hydrogens (primary N) is 1. The van der Waals surface area contributed by atoms with Crippen LogP contribution in [-0.4, -0.2) is 37.2 Å². The zero-order valence-corrected chi connectivity index (χ0v) is 11.6. The molecule has 0 aromatic carbocycles. The van der Waals surface area contributed by atoms with Crippen LogP contribution >= 0.6 is 12.2 Å². The van der Waals surface area contributed by atoms with Crippen molar-refractivity contribution < 1.29 is 0 Å². The van der Waals surface area contributed by atoms with Crippen LogP contribution in [-0.2, 0) is 0 Å². The van der Waals surface area contributed by atoms with Gasteiger partial charge in [-0.25, -0.2) is 4.98 Å². The highest BCUT2D eigenvalue weighted by atomic mass is 32.1. The van der Waals surface area contributed by atoms with Crippen molar-refractivity contribution in [1.29, 1.82) is 0 Å². The summed E-state index contributed by atoms with van der Waals surface area (Å²) >= 11 is 4.97. The van der Waals surface area contributed by atoms with E-state index < -0.39 is 0 Å². The minimum absolute atomic E-state index is 0.532. The van der Waals surface area contributed by atoms with E-state index in [0.717, 1.165) is 23.8 Å². The van der Waals surface area contributed by atoms with Crippen LogP contribution < -0.4 is 10.6 Å². The Bertz CT molecular complexity index is 618. The molecule has 1 fully saturated rings. The second-order valence-electron chi connectivity index (χ2n) is 4.83. The molecule has 6 nitrogen and oxygen atoms in total. The van der Waals surface area contributed by atoms with E-state index >= 15 is 0 Å². The highest BCUT2D eigenvalue weighted by Crippen LogP contribution is 2.32. The van der Waals surface area contributed by atoms with Crippen LogP contribution in [0.4, 0.5) is 5.82 Å². The maximum Gasteiger partial charge on any atom is 0.203 e. The van der Waals surface area contributed by atoms with Crippen LogP contribution in [0.25, 0.3) is 5.65 Å². The Hall–Kier alpha value is -1.76. The van der Waals surface area contributed by atoms with Crippen molar-refractivity contribution in [1.82, 2.24) is 19.6 Å². The number of anilines is 1. The van der Waals surface area contributed by atoms with Gasteiger partial charge in [-0.15, -0.1) is 10.2 Å². The molecule has 2 aromatic rings. The lowest BCUT2D eigenvalue weighted by Crippen LogP contribution is -2.30. The van der Waals surface area contributed by atoms with Gasteiger partial charge in [0.1, 0.15) is 5.82 Å². The fraction of sp³-hybridized carbons (Fsp3) is 0.500. The number of aromatic nitrogens is 4. The molecule has 19 heavy (non-hydrogen) atoms. The molecule has 0 amide bonds. The Morgan fingerprint density at radius 2 is 2.32 bits per heavy atom. The Labute approximate surface area is 116 Å². The highest BCUT2D eigenvalue weighted by molar-refractivity contribution is 7.80. The lowest BCUT2D eigenvalue weighted by Gasteiger charge is -2.23. The summed E-state index contributed by atoms with van der Waals surface area (Å²) in [6, 6.07) is 0.532. The van der Waals surface area contributed by atoms with Crippen LogP contribution in [0.5, 0.6) is 0 Å². The number of thiocarbonyl (C=S) groups is 1. The predicted molar refractivity (Wildman–Crippen MR) is 77.3 cm³/mol. The van der Waals surface area contributed by atoms with Crippen LogP contribution in [0.3, 0.4) is 0 Å². The summed E-state index contributed by atoms with van der Waals surface area (Å²) in [5, 5.41) is 8.33. The maximum atomic E-state index is 5.61. The molecule has 0 spiro atoms. The molecule has 0 atom stereocenters. The number of hydrogen-bond donors (Lipinski definition) is 1. The molecule has 2 N–H and O–H groups in total. The number of rotatable bonds is 5. The molecule has 100 valence electrons. The number of fused-ring (bicyclic) bond motifs is 1. The minimum Gasteiger partial charge on any atom is -0.393 e. The second kappa shape index (κ2) is 4.73. The van der Waals surface area contributed by atoms with Gasteiger partial charge < -0.3 is 10.6 Å². The molecule has 7 heteroatoms. The van der Waals surface area contributed by atoms with Crippen molar-refractivity contribution in [2.24, 2.45) is 5.73 Å². The number of hydrogen-bond acceptors (Lipinski definition) is 5. The van der Waals surface area contributed by atoms with Crippen molar-refractivity contribution in [3.63, 3.8) is 0 Å². The van der Waals surface area contributed by atoms with Crippen LogP contribution in [0.15, 0.2) is 12.4 Å². The van der Waals surface area contributed by atoms with E-state index in [1.165, 1.54) is 12.8 Å². The molecule has 0 radical (unpaired) electrons. The van der Waals surface area contributed by atoms with E-state index in [1.807, 2.05) is 17.5 Å². The molecule has 0 saturated heterocycles. The largest absolute Gasteiger partial charge is 0.393 e. The van der Waals surface area contributed by atoms with Gasteiger partial charge in [0.2, 0.25) is 5.65 Å². The van der Waals surface area contributed by atoms with Gasteiger partial charge in [0.05, 0.1) is 4.99 Å². The monoisotopic (exact) mass is 276 g/mol. The molecule has 2 aromatic heterocycles. The highest BCUT2D eigenvalue weighted by Gasteiger charge is 2.31. The lowest BCUT2D eigenvalue weighted by molar-refractivity contribution is 0.784. The average Bonchev–Trinajstić information content (AvgIpc) is 3.15. The van der Waals surface area contributed by atoms with Gasteiger partial charge in [0.15, 0.2) is 5.82 Å². The van der Waals surface area contributed by atoms with E-state index in [-0.39, 0.29) is 0 Å². The summed E-state index contributed by atoms with van der Waals surface area (Å²) in [5.41, 5.74) is 6.41. The summed E-state index contributed by atoms with van der Waals surface area (Å²) in [4.78, 5) is 7.27. The summed E-state index contributed by atoms with van der Waals surface area (Å²) in [6.07, 6.45) is 6.74. The Morgan fingerprint density at radius 1 is 1.53 bits per heavy atom. The zero-order valence-electron chi connectivity index (χ0n) is 10.8. The Morgan fingerprint density at radius 3 is 3.00 bits per heavy atom. The zero-order chi connectivity index (χ0) is 13.4. The smallest absolute Gasteiger partial charge is 0.203 e. The SMILES string of the molecule is Cc1nnc2c(N(CCC(N)=S)C3CC3)nccn12. The van der Waals surface area contributed by atoms with Gasteiger partial charge >= 0.3 is 0 Å². The van der Waals surface area contributed by atoms with Gasteiger partial charge in [-0.2, -0.15) is 0 Å². The van der Waals surface area contributed by atoms with Gasteiger partial charge in [-0.05, 0) is 19.8 Å². The molecular weight excluding hydrogens is 260 g/mol. The molecule has 0 bridgehead atoms. The molecule has 0 aliphatic heterocycles. The minimum atomic E-state index is 0.532. The van der Waals surface area contributed by atoms with Crippen molar-refractivity contribution in [3.8, 4) is 0 Å². The van der Waals surface area contributed by atoms with E-state index in [2.05, 4.69) is 20.1 Å². The molecule has 1 saturated carbocycles. The van der Waals surface area contributed by atoms with Gasteiger partial charge in [-0.3, -0.25) is 4.40 Å². The summed E-state index contributed by atoms with van der Waals surface area (Å²) < 4.78 is 1.96. The molecule has 1 aliphatic rings. The van der Waals surface area contributed by atoms with Crippen LogP contribution in [0.2, 0.25) is 0 Å². The molecule has 3 rings (SSSR count). The van der Waals surface area contributed by atoms with Crippen molar-refractivity contribution in [2.75, 3.05) is 11.4 Å². The Kier molecular flexibility index (Phi) is 3.06. The molecule has 0 unspecified atom stereocenters. The molecule has 1 aliphatic carbocycles. The maximum absolute atomic E-state index is 5.61. The average molecular weight is 276 g/mol. The Balaban J connectivity index is 1.97. The number of nitrogens with zero attached hydrogens (tertiary/aromatic N) is 5. The lowest BCUT2D eigenvalue weighted by atomic mass is 10.3. The third-order valence-corrected chi connectivity index (χ3v) is 3.54. The van der Waals surface area contributed by atoms with Gasteiger partial charge in [0, 0.05) is 31.4 Å². The van der Waals surface area contributed by atoms with E-state index in [1.54, 1.807) is 6.20 Å². The van der Waals surface area contributed by atoms with Crippen molar-refractivity contribution in [3.05, 3.63) is 18.2 Å². The normalized spacial score (nSPS) is 14.8. The first-order chi connectivity index (χ1) is 9.16.